The minimum Gasteiger partial charge on any atom is -0.345 e. The molecule has 2 aromatic heterocycles. The van der Waals surface area contributed by atoms with Gasteiger partial charge in [-0.3, -0.25) is 14.2 Å². The van der Waals surface area contributed by atoms with E-state index in [0.29, 0.717) is 21.7 Å². The van der Waals surface area contributed by atoms with Crippen molar-refractivity contribution in [2.24, 2.45) is 0 Å². The maximum Gasteiger partial charge on any atom is 0.251 e. The third-order valence-corrected chi connectivity index (χ3v) is 9.28. The van der Waals surface area contributed by atoms with Crippen molar-refractivity contribution in [3.63, 3.8) is 0 Å². The lowest BCUT2D eigenvalue weighted by Crippen LogP contribution is -2.25. The van der Waals surface area contributed by atoms with Crippen LogP contribution in [0.25, 0.3) is 5.69 Å². The summed E-state index contributed by atoms with van der Waals surface area (Å²) in [5.41, 5.74) is 3.22. The van der Waals surface area contributed by atoms with Gasteiger partial charge in [0, 0.05) is 31.2 Å². The summed E-state index contributed by atoms with van der Waals surface area (Å²) in [5.74, 6) is -0.0417. The maximum atomic E-state index is 12.9. The number of thioether (sulfide) groups is 1. The normalized spacial score (nSPS) is 11.5. The molecule has 0 aliphatic heterocycles. The minimum atomic E-state index is -3.60. The lowest BCUT2D eigenvalue weighted by molar-refractivity contribution is -0.113. The minimum absolute atomic E-state index is 0.0584. The average molecular weight is 586 g/mol. The summed E-state index contributed by atoms with van der Waals surface area (Å²) >= 11 is 2.56. The molecule has 2 heterocycles. The first-order valence-corrected chi connectivity index (χ1v) is 15.0. The first kappa shape index (κ1) is 28.4. The molecule has 0 unspecified atom stereocenters. The fourth-order valence-electron chi connectivity index (χ4n) is 3.55. The highest BCUT2D eigenvalue weighted by atomic mass is 32.2. The van der Waals surface area contributed by atoms with Crippen molar-refractivity contribution >= 4 is 50.1 Å². The van der Waals surface area contributed by atoms with Crippen molar-refractivity contribution < 1.29 is 18.0 Å². The van der Waals surface area contributed by atoms with E-state index in [1.54, 1.807) is 11.6 Å². The lowest BCUT2D eigenvalue weighted by Gasteiger charge is -2.15. The predicted octanol–water partition coefficient (Wildman–Crippen LogP) is 3.25. The Morgan fingerprint density at radius 1 is 1.08 bits per heavy atom. The molecule has 2 amide bonds. The van der Waals surface area contributed by atoms with E-state index >= 15 is 0 Å². The van der Waals surface area contributed by atoms with Crippen LogP contribution in [0.1, 0.15) is 27.3 Å². The third kappa shape index (κ3) is 6.53. The summed E-state index contributed by atoms with van der Waals surface area (Å²) in [4.78, 5) is 29.5. The Morgan fingerprint density at radius 3 is 2.49 bits per heavy atom. The average Bonchev–Trinajstić information content (AvgIpc) is 3.57. The maximum absolute atomic E-state index is 12.9. The van der Waals surface area contributed by atoms with Crippen molar-refractivity contribution in [3.8, 4) is 5.69 Å². The van der Waals surface area contributed by atoms with Crippen LogP contribution in [0.2, 0.25) is 0 Å². The van der Waals surface area contributed by atoms with Gasteiger partial charge in [-0.05, 0) is 55.3 Å². The van der Waals surface area contributed by atoms with Crippen molar-refractivity contribution in [2.45, 2.75) is 30.4 Å². The second kappa shape index (κ2) is 12.1. The fraction of sp³-hybridized carbons (Fsp3) is 0.240. The van der Waals surface area contributed by atoms with Gasteiger partial charge in [-0.2, -0.15) is 0 Å². The summed E-state index contributed by atoms with van der Waals surface area (Å²) < 4.78 is 27.5. The van der Waals surface area contributed by atoms with E-state index in [9.17, 15) is 18.0 Å². The number of carbonyl (C=O) groups excluding carboxylic acids is 2. The van der Waals surface area contributed by atoms with E-state index < -0.39 is 15.9 Å². The number of sulfonamides is 1. The van der Waals surface area contributed by atoms with Gasteiger partial charge in [0.25, 0.3) is 5.91 Å². The van der Waals surface area contributed by atoms with Crippen LogP contribution in [-0.4, -0.2) is 64.1 Å². The molecule has 0 saturated heterocycles. The fourth-order valence-corrected chi connectivity index (χ4v) is 5.76. The largest absolute Gasteiger partial charge is 0.345 e. The number of aryl methyl sites for hydroxylation is 1. The molecule has 0 aliphatic rings. The third-order valence-electron chi connectivity index (χ3n) is 5.83. The molecule has 39 heavy (non-hydrogen) atoms. The highest BCUT2D eigenvalue weighted by Gasteiger charge is 2.20. The van der Waals surface area contributed by atoms with Gasteiger partial charge in [0.05, 0.1) is 22.9 Å². The zero-order valence-electron chi connectivity index (χ0n) is 21.7. The second-order valence-corrected chi connectivity index (χ2v) is 12.6. The Balaban J connectivity index is 1.53. The Kier molecular flexibility index (Phi) is 8.80. The zero-order valence-corrected chi connectivity index (χ0v) is 24.2. The Hall–Kier alpha value is -3.59. The van der Waals surface area contributed by atoms with Gasteiger partial charge < -0.3 is 10.6 Å². The molecule has 2 N–H and O–H groups in total. The van der Waals surface area contributed by atoms with Gasteiger partial charge >= 0.3 is 0 Å². The lowest BCUT2D eigenvalue weighted by atomic mass is 10.1. The Morgan fingerprint density at radius 2 is 1.82 bits per heavy atom. The van der Waals surface area contributed by atoms with Crippen LogP contribution in [0.15, 0.2) is 64.1 Å². The van der Waals surface area contributed by atoms with Crippen LogP contribution in [0, 0.1) is 13.8 Å². The molecule has 0 atom stereocenters. The second-order valence-electron chi connectivity index (χ2n) is 8.62. The van der Waals surface area contributed by atoms with Crippen molar-refractivity contribution in [2.75, 3.05) is 25.2 Å². The molecule has 2 aromatic carbocycles. The highest BCUT2D eigenvalue weighted by Crippen LogP contribution is 2.26. The summed E-state index contributed by atoms with van der Waals surface area (Å²) in [5, 5.41) is 17.0. The van der Waals surface area contributed by atoms with Crippen LogP contribution in [-0.2, 0) is 21.4 Å². The Bertz CT molecular complexity index is 1580. The SMILES string of the molecule is Cc1cccc(-n2c(CNC(=O)c3ccc(S(=O)(=O)N(C)C)cc3)nnc2SCC(=O)Nc2nccs2)c1C. The molecule has 0 fully saturated rings. The number of thiazole rings is 1. The molecule has 4 rings (SSSR count). The molecule has 0 radical (unpaired) electrons. The number of amides is 2. The summed E-state index contributed by atoms with van der Waals surface area (Å²) in [6, 6.07) is 11.6. The Labute approximate surface area is 234 Å². The van der Waals surface area contributed by atoms with Crippen molar-refractivity contribution in [3.05, 3.63) is 76.6 Å². The number of aromatic nitrogens is 4. The number of nitrogens with zero attached hydrogens (tertiary/aromatic N) is 5. The van der Waals surface area contributed by atoms with Gasteiger partial charge in [-0.1, -0.05) is 23.9 Å². The van der Waals surface area contributed by atoms with Crippen LogP contribution in [0.5, 0.6) is 0 Å². The van der Waals surface area contributed by atoms with E-state index in [4.69, 9.17) is 0 Å². The number of hydrogen-bond acceptors (Lipinski definition) is 9. The summed E-state index contributed by atoms with van der Waals surface area (Å²) in [6.45, 7) is 4.04. The standard InChI is InChI=1S/C25H27N7O4S3/c1-16-6-5-7-20(17(16)2)32-21(29-30-25(32)38-15-22(33)28-24-26-12-13-37-24)14-27-23(34)18-8-10-19(11-9-18)39(35,36)31(3)4/h5-13H,14-15H2,1-4H3,(H,27,34)(H,26,28,33). The highest BCUT2D eigenvalue weighted by molar-refractivity contribution is 7.99. The monoisotopic (exact) mass is 585 g/mol. The number of nitrogens with one attached hydrogen (secondary N) is 2. The molecule has 14 heteroatoms. The van der Waals surface area contributed by atoms with E-state index in [2.05, 4.69) is 25.8 Å². The number of carbonyl (C=O) groups is 2. The molecule has 0 bridgehead atoms. The molecule has 11 nitrogen and oxygen atoms in total. The van der Waals surface area contributed by atoms with Crippen molar-refractivity contribution in [1.82, 2.24) is 29.4 Å². The first-order chi connectivity index (χ1) is 18.6. The predicted molar refractivity (Wildman–Crippen MR) is 151 cm³/mol. The van der Waals surface area contributed by atoms with Crippen LogP contribution < -0.4 is 10.6 Å². The van der Waals surface area contributed by atoms with Gasteiger partial charge in [0.1, 0.15) is 0 Å². The molecule has 0 aliphatic carbocycles. The van der Waals surface area contributed by atoms with Crippen LogP contribution >= 0.6 is 23.1 Å². The molecular weight excluding hydrogens is 559 g/mol. The first-order valence-electron chi connectivity index (χ1n) is 11.7. The van der Waals surface area contributed by atoms with E-state index in [1.807, 2.05) is 36.6 Å². The van der Waals surface area contributed by atoms with E-state index in [-0.39, 0.29) is 23.1 Å². The summed E-state index contributed by atoms with van der Waals surface area (Å²) in [7, 11) is -0.703. The van der Waals surface area contributed by atoms with Crippen molar-refractivity contribution in [1.29, 1.82) is 0 Å². The topological polar surface area (TPSA) is 139 Å². The van der Waals surface area contributed by atoms with E-state index in [1.165, 1.54) is 61.5 Å². The van der Waals surface area contributed by atoms with E-state index in [0.717, 1.165) is 21.1 Å². The number of hydrogen-bond donors (Lipinski definition) is 2. The molecular formula is C25H27N7O4S3. The number of anilines is 1. The van der Waals surface area contributed by atoms with Gasteiger partial charge in [-0.15, -0.1) is 21.5 Å². The van der Waals surface area contributed by atoms with Gasteiger partial charge in [0.15, 0.2) is 16.1 Å². The number of benzene rings is 2. The molecule has 0 saturated carbocycles. The summed E-state index contributed by atoms with van der Waals surface area (Å²) in [6.07, 6.45) is 1.62. The van der Waals surface area contributed by atoms with Gasteiger partial charge in [-0.25, -0.2) is 17.7 Å². The number of rotatable bonds is 10. The van der Waals surface area contributed by atoms with Crippen LogP contribution in [0.4, 0.5) is 5.13 Å². The smallest absolute Gasteiger partial charge is 0.251 e. The molecule has 204 valence electrons. The molecule has 4 aromatic rings. The zero-order chi connectivity index (χ0) is 28.2. The van der Waals surface area contributed by atoms with Gasteiger partial charge in [0.2, 0.25) is 15.9 Å². The molecule has 0 spiro atoms. The van der Waals surface area contributed by atoms with Crippen LogP contribution in [0.3, 0.4) is 0 Å². The quantitative estimate of drug-likeness (QED) is 0.271.